The summed E-state index contributed by atoms with van der Waals surface area (Å²) in [6.45, 7) is 5.07. The molecule has 0 aliphatic rings. The second-order valence-electron chi connectivity index (χ2n) is 6.81. The Morgan fingerprint density at radius 1 is 1.11 bits per heavy atom. The van der Waals surface area contributed by atoms with Gasteiger partial charge in [-0.1, -0.05) is 20.8 Å². The topological polar surface area (TPSA) is 125 Å². The first-order chi connectivity index (χ1) is 12.8. The number of benzene rings is 1. The van der Waals surface area contributed by atoms with Crippen LogP contribution in [-0.2, 0) is 14.8 Å². The molecule has 1 heterocycles. The van der Waals surface area contributed by atoms with Gasteiger partial charge in [-0.15, -0.1) is 0 Å². The van der Waals surface area contributed by atoms with Crippen LogP contribution in [0, 0.1) is 17.0 Å². The van der Waals surface area contributed by atoms with Gasteiger partial charge in [0.15, 0.2) is 0 Å². The zero-order chi connectivity index (χ0) is 21.3. The number of anilines is 2. The van der Waals surface area contributed by atoms with Gasteiger partial charge in [0.2, 0.25) is 5.91 Å². The lowest BCUT2D eigenvalue weighted by Gasteiger charge is -2.17. The molecule has 0 aliphatic heterocycles. The average Bonchev–Trinajstić information content (AvgIpc) is 2.57. The molecule has 1 amide bonds. The normalized spacial score (nSPS) is 11.8. The third kappa shape index (κ3) is 4.80. The molecule has 1 aromatic heterocycles. The summed E-state index contributed by atoms with van der Waals surface area (Å²) in [4.78, 5) is 26.1. The molecule has 0 spiro atoms. The van der Waals surface area contributed by atoms with Crippen LogP contribution in [0.25, 0.3) is 0 Å². The highest BCUT2D eigenvalue weighted by atomic mass is 32.2. The van der Waals surface area contributed by atoms with E-state index >= 15 is 0 Å². The molecule has 0 saturated heterocycles. The Balaban J connectivity index is 2.25. The molecular formula is C17H17F2N3O5S. The zero-order valence-corrected chi connectivity index (χ0v) is 15.9. The van der Waals surface area contributed by atoms with Gasteiger partial charge in [0, 0.05) is 17.7 Å². The Morgan fingerprint density at radius 2 is 1.75 bits per heavy atom. The standard InChI is InChI=1S/C17H17F2N3O5S/c1-17(2,3)16(25)21-14-5-4-9(8-20-14)28(26,27)22-13-7-11(18)10(15(23)24)6-12(13)19/h4-8,22H,1-3H3,(H,23,24)(H,20,21,25). The molecular weight excluding hydrogens is 396 g/mol. The van der Waals surface area contributed by atoms with Gasteiger partial charge < -0.3 is 10.4 Å². The summed E-state index contributed by atoms with van der Waals surface area (Å²) in [5.74, 6) is -4.47. The zero-order valence-electron chi connectivity index (χ0n) is 15.1. The first-order valence-corrected chi connectivity index (χ1v) is 9.32. The van der Waals surface area contributed by atoms with Crippen molar-refractivity contribution in [2.45, 2.75) is 25.7 Å². The van der Waals surface area contributed by atoms with E-state index in [1.807, 2.05) is 4.72 Å². The molecule has 2 aromatic rings. The summed E-state index contributed by atoms with van der Waals surface area (Å²) in [5, 5.41) is 11.3. The van der Waals surface area contributed by atoms with E-state index in [-0.39, 0.29) is 16.6 Å². The Hall–Kier alpha value is -3.08. The lowest BCUT2D eigenvalue weighted by atomic mass is 9.96. The number of halogens is 2. The van der Waals surface area contributed by atoms with Crippen molar-refractivity contribution in [3.63, 3.8) is 0 Å². The fourth-order valence-electron chi connectivity index (χ4n) is 1.91. The number of hydrogen-bond acceptors (Lipinski definition) is 5. The lowest BCUT2D eigenvalue weighted by molar-refractivity contribution is -0.123. The van der Waals surface area contributed by atoms with Crippen molar-refractivity contribution in [2.75, 3.05) is 10.0 Å². The summed E-state index contributed by atoms with van der Waals surface area (Å²) in [6.07, 6.45) is 0.931. The van der Waals surface area contributed by atoms with Crippen LogP contribution in [0.4, 0.5) is 20.3 Å². The second kappa shape index (κ2) is 7.50. The second-order valence-corrected chi connectivity index (χ2v) is 8.49. The lowest BCUT2D eigenvalue weighted by Crippen LogP contribution is -2.28. The van der Waals surface area contributed by atoms with Gasteiger partial charge >= 0.3 is 5.97 Å². The molecule has 11 heteroatoms. The van der Waals surface area contributed by atoms with E-state index in [1.54, 1.807) is 20.8 Å². The highest BCUT2D eigenvalue weighted by molar-refractivity contribution is 7.92. The minimum atomic E-state index is -4.34. The van der Waals surface area contributed by atoms with E-state index in [4.69, 9.17) is 5.11 Å². The van der Waals surface area contributed by atoms with Crippen molar-refractivity contribution >= 4 is 33.4 Å². The van der Waals surface area contributed by atoms with Crippen LogP contribution >= 0.6 is 0 Å². The van der Waals surface area contributed by atoms with Crippen molar-refractivity contribution in [1.82, 2.24) is 4.98 Å². The average molecular weight is 413 g/mol. The van der Waals surface area contributed by atoms with Gasteiger partial charge in [0.25, 0.3) is 10.0 Å². The van der Waals surface area contributed by atoms with Crippen molar-refractivity contribution in [3.05, 3.63) is 47.7 Å². The Labute approximate surface area is 159 Å². The van der Waals surface area contributed by atoms with Crippen LogP contribution < -0.4 is 10.0 Å². The summed E-state index contributed by atoms with van der Waals surface area (Å²) in [5.41, 5.74) is -2.37. The molecule has 0 radical (unpaired) electrons. The maximum Gasteiger partial charge on any atom is 0.338 e. The van der Waals surface area contributed by atoms with Crippen LogP contribution in [0.2, 0.25) is 0 Å². The van der Waals surface area contributed by atoms with E-state index in [2.05, 4.69) is 10.3 Å². The number of nitrogens with zero attached hydrogens (tertiary/aromatic N) is 1. The molecule has 0 bridgehead atoms. The van der Waals surface area contributed by atoms with E-state index in [1.165, 1.54) is 6.07 Å². The SMILES string of the molecule is CC(C)(C)C(=O)Nc1ccc(S(=O)(=O)Nc2cc(F)c(C(=O)O)cc2F)cn1. The van der Waals surface area contributed by atoms with Gasteiger partial charge in [0.05, 0.1) is 11.3 Å². The molecule has 150 valence electrons. The molecule has 2 rings (SSSR count). The fourth-order valence-corrected chi connectivity index (χ4v) is 2.91. The van der Waals surface area contributed by atoms with Crippen LogP contribution in [0.3, 0.4) is 0 Å². The van der Waals surface area contributed by atoms with E-state index in [0.29, 0.717) is 12.1 Å². The highest BCUT2D eigenvalue weighted by Gasteiger charge is 2.23. The van der Waals surface area contributed by atoms with E-state index < -0.39 is 44.3 Å². The van der Waals surface area contributed by atoms with Gasteiger partial charge in [-0.05, 0) is 18.2 Å². The predicted molar refractivity (Wildman–Crippen MR) is 96.4 cm³/mol. The molecule has 0 atom stereocenters. The quantitative estimate of drug-likeness (QED) is 0.692. The molecule has 0 aliphatic carbocycles. The fraction of sp³-hybridized carbons (Fsp3) is 0.235. The first-order valence-electron chi connectivity index (χ1n) is 7.84. The van der Waals surface area contributed by atoms with Crippen molar-refractivity contribution in [2.24, 2.45) is 5.41 Å². The van der Waals surface area contributed by atoms with Crippen molar-refractivity contribution < 1.29 is 31.9 Å². The number of carbonyl (C=O) groups is 2. The summed E-state index contributed by atoms with van der Waals surface area (Å²) in [7, 11) is -4.34. The Morgan fingerprint density at radius 3 is 2.25 bits per heavy atom. The molecule has 1 aromatic carbocycles. The number of carbonyl (C=O) groups excluding carboxylic acids is 1. The highest BCUT2D eigenvalue weighted by Crippen LogP contribution is 2.23. The molecule has 0 unspecified atom stereocenters. The van der Waals surface area contributed by atoms with E-state index in [9.17, 15) is 26.8 Å². The number of hydrogen-bond donors (Lipinski definition) is 3. The number of pyridine rings is 1. The largest absolute Gasteiger partial charge is 0.478 e. The minimum Gasteiger partial charge on any atom is -0.478 e. The monoisotopic (exact) mass is 413 g/mol. The summed E-state index contributed by atoms with van der Waals surface area (Å²) < 4.78 is 54.1. The molecule has 0 saturated carbocycles. The molecule has 0 fully saturated rings. The van der Waals surface area contributed by atoms with Gasteiger partial charge in [0.1, 0.15) is 22.3 Å². The Kier molecular flexibility index (Phi) is 5.69. The molecule has 3 N–H and O–H groups in total. The summed E-state index contributed by atoms with van der Waals surface area (Å²) >= 11 is 0. The Bertz CT molecular complexity index is 1030. The van der Waals surface area contributed by atoms with Crippen LogP contribution in [-0.4, -0.2) is 30.4 Å². The first kappa shape index (κ1) is 21.2. The molecule has 8 nitrogen and oxygen atoms in total. The number of rotatable bonds is 5. The predicted octanol–water partition coefficient (Wildman–Crippen LogP) is 2.84. The number of aromatic nitrogens is 1. The maximum atomic E-state index is 13.9. The van der Waals surface area contributed by atoms with Crippen molar-refractivity contribution in [1.29, 1.82) is 0 Å². The number of carboxylic acids is 1. The van der Waals surface area contributed by atoms with Gasteiger partial charge in [-0.3, -0.25) is 9.52 Å². The van der Waals surface area contributed by atoms with Crippen LogP contribution in [0.15, 0.2) is 35.4 Å². The number of aromatic carboxylic acids is 1. The van der Waals surface area contributed by atoms with Crippen molar-refractivity contribution in [3.8, 4) is 0 Å². The van der Waals surface area contributed by atoms with E-state index in [0.717, 1.165) is 12.3 Å². The summed E-state index contributed by atoms with van der Waals surface area (Å²) in [6, 6.07) is 3.16. The number of carboxylic acid groups (broad SMARTS) is 1. The number of nitrogens with one attached hydrogen (secondary N) is 2. The smallest absolute Gasteiger partial charge is 0.338 e. The van der Waals surface area contributed by atoms with Crippen LogP contribution in [0.1, 0.15) is 31.1 Å². The van der Waals surface area contributed by atoms with Gasteiger partial charge in [-0.2, -0.15) is 0 Å². The van der Waals surface area contributed by atoms with Crippen LogP contribution in [0.5, 0.6) is 0 Å². The minimum absolute atomic E-state index is 0.113. The molecule has 28 heavy (non-hydrogen) atoms. The number of amides is 1. The van der Waals surface area contributed by atoms with Gasteiger partial charge in [-0.25, -0.2) is 27.0 Å². The number of sulfonamides is 1. The third-order valence-corrected chi connectivity index (χ3v) is 4.85. The maximum absolute atomic E-state index is 13.9. The third-order valence-electron chi connectivity index (χ3n) is 3.50.